The molecule has 2 heterocycles. The van der Waals surface area contributed by atoms with Crippen LogP contribution >= 0.6 is 11.3 Å². The van der Waals surface area contributed by atoms with Crippen molar-refractivity contribution in [3.05, 3.63) is 29.4 Å². The van der Waals surface area contributed by atoms with Crippen molar-refractivity contribution in [2.24, 2.45) is 0 Å². The predicted molar refractivity (Wildman–Crippen MR) is 40.0 cm³/mol. The summed E-state index contributed by atoms with van der Waals surface area (Å²) >= 11 is 1.78. The maximum Gasteiger partial charge on any atom is 0.0992 e. The monoisotopic (exact) mass is 137 g/mol. The van der Waals surface area contributed by atoms with Gasteiger partial charge in [0.05, 0.1) is 4.83 Å². The lowest BCUT2D eigenvalue weighted by molar-refractivity contribution is 1.14. The fraction of sp³-hybridized carbons (Fsp3) is 0.143. The lowest BCUT2D eigenvalue weighted by atomic mass is 10.6. The highest BCUT2D eigenvalue weighted by Gasteiger charge is 1.94. The Morgan fingerprint density at radius 2 is 2.44 bits per heavy atom. The Balaban J connectivity index is 2.99. The summed E-state index contributed by atoms with van der Waals surface area (Å²) in [7, 11) is 0. The molecule has 46 valence electrons. The van der Waals surface area contributed by atoms with Crippen LogP contribution in [0.2, 0.25) is 0 Å². The smallest absolute Gasteiger partial charge is 0.0992 e. The second kappa shape index (κ2) is 1.61. The second-order valence-electron chi connectivity index (χ2n) is 2.09. The van der Waals surface area contributed by atoms with Gasteiger partial charge in [0.25, 0.3) is 0 Å². The first-order valence-corrected chi connectivity index (χ1v) is 3.77. The van der Waals surface area contributed by atoms with Crippen LogP contribution in [0.1, 0.15) is 5.69 Å². The van der Waals surface area contributed by atoms with Gasteiger partial charge in [-0.3, -0.25) is 0 Å². The molecule has 0 N–H and O–H groups in total. The second-order valence-corrected chi connectivity index (χ2v) is 2.98. The molecule has 0 fully saturated rings. The molecule has 0 aliphatic heterocycles. The number of rotatable bonds is 0. The summed E-state index contributed by atoms with van der Waals surface area (Å²) in [4.78, 5) is 1.33. The molecule has 0 saturated carbocycles. The Kier molecular flexibility index (Phi) is 0.904. The molecule has 0 bridgehead atoms. The van der Waals surface area contributed by atoms with E-state index in [1.165, 1.54) is 10.5 Å². The van der Waals surface area contributed by atoms with Gasteiger partial charge in [0, 0.05) is 17.3 Å². The molecule has 2 rings (SSSR count). The van der Waals surface area contributed by atoms with Crippen LogP contribution in [0.25, 0.3) is 4.83 Å². The average Bonchev–Trinajstić information content (AvgIpc) is 2.35. The van der Waals surface area contributed by atoms with Crippen LogP contribution < -0.4 is 0 Å². The fourth-order valence-electron chi connectivity index (χ4n) is 0.955. The van der Waals surface area contributed by atoms with E-state index >= 15 is 0 Å². The van der Waals surface area contributed by atoms with Gasteiger partial charge in [0.15, 0.2) is 0 Å². The zero-order valence-electron chi connectivity index (χ0n) is 5.16. The minimum Gasteiger partial charge on any atom is -0.312 e. The highest BCUT2D eigenvalue weighted by Crippen LogP contribution is 2.15. The van der Waals surface area contributed by atoms with E-state index in [9.17, 15) is 0 Å². The van der Waals surface area contributed by atoms with Crippen LogP contribution in [0.15, 0.2) is 23.7 Å². The Bertz CT molecular complexity index is 318. The van der Waals surface area contributed by atoms with Gasteiger partial charge in [-0.1, -0.05) is 0 Å². The van der Waals surface area contributed by atoms with E-state index in [-0.39, 0.29) is 0 Å². The molecule has 1 nitrogen and oxygen atoms in total. The topological polar surface area (TPSA) is 4.41 Å². The van der Waals surface area contributed by atoms with Crippen molar-refractivity contribution in [1.29, 1.82) is 0 Å². The lowest BCUT2D eigenvalue weighted by Crippen LogP contribution is -1.76. The number of thiazole rings is 1. The normalized spacial score (nSPS) is 10.8. The number of aromatic nitrogens is 1. The number of aryl methyl sites for hydroxylation is 1. The van der Waals surface area contributed by atoms with E-state index in [0.29, 0.717) is 0 Å². The minimum atomic E-state index is 1.32. The molecular weight excluding hydrogens is 130 g/mol. The minimum absolute atomic E-state index is 1.32. The standard InChI is InChI=1S/C7H7NS/c1-6-5-9-7-3-2-4-8(6)7/h2-5H,1H3. The molecule has 0 spiro atoms. The van der Waals surface area contributed by atoms with Gasteiger partial charge in [-0.15, -0.1) is 11.3 Å². The molecular formula is C7H7NS. The molecule has 0 unspecified atom stereocenters. The SMILES string of the molecule is Cc1csc2cccn12. The highest BCUT2D eigenvalue weighted by molar-refractivity contribution is 7.15. The first-order chi connectivity index (χ1) is 4.38. The van der Waals surface area contributed by atoms with Crippen LogP contribution in [0.5, 0.6) is 0 Å². The van der Waals surface area contributed by atoms with Gasteiger partial charge in [0.1, 0.15) is 0 Å². The fourth-order valence-corrected chi connectivity index (χ4v) is 1.84. The van der Waals surface area contributed by atoms with Gasteiger partial charge >= 0.3 is 0 Å². The molecule has 9 heavy (non-hydrogen) atoms. The van der Waals surface area contributed by atoms with E-state index in [2.05, 4.69) is 35.0 Å². The van der Waals surface area contributed by atoms with Crippen LogP contribution in [-0.2, 0) is 0 Å². The number of hydrogen-bond donors (Lipinski definition) is 0. The molecule has 2 heteroatoms. The first kappa shape index (κ1) is 5.06. The number of hydrogen-bond acceptors (Lipinski definition) is 1. The average molecular weight is 137 g/mol. The molecule has 0 saturated heterocycles. The lowest BCUT2D eigenvalue weighted by Gasteiger charge is -1.83. The Labute approximate surface area is 57.6 Å². The van der Waals surface area contributed by atoms with Crippen molar-refractivity contribution >= 4 is 16.2 Å². The van der Waals surface area contributed by atoms with Gasteiger partial charge < -0.3 is 4.40 Å². The van der Waals surface area contributed by atoms with Crippen molar-refractivity contribution in [1.82, 2.24) is 4.40 Å². The maximum atomic E-state index is 2.19. The van der Waals surface area contributed by atoms with Crippen LogP contribution in [0, 0.1) is 6.92 Å². The highest BCUT2D eigenvalue weighted by atomic mass is 32.1. The largest absolute Gasteiger partial charge is 0.312 e. The van der Waals surface area contributed by atoms with E-state index in [1.807, 2.05) is 0 Å². The summed E-state index contributed by atoms with van der Waals surface area (Å²) in [5, 5.41) is 2.16. The van der Waals surface area contributed by atoms with Crippen LogP contribution in [0.4, 0.5) is 0 Å². The summed E-state index contributed by atoms with van der Waals surface area (Å²) in [5.74, 6) is 0. The van der Waals surface area contributed by atoms with Crippen molar-refractivity contribution in [3.63, 3.8) is 0 Å². The zero-order valence-corrected chi connectivity index (χ0v) is 5.98. The van der Waals surface area contributed by atoms with E-state index in [0.717, 1.165) is 0 Å². The molecule has 0 amide bonds. The summed E-state index contributed by atoms with van der Waals surface area (Å²) in [6, 6.07) is 4.19. The van der Waals surface area contributed by atoms with Crippen molar-refractivity contribution in [2.75, 3.05) is 0 Å². The van der Waals surface area contributed by atoms with Crippen molar-refractivity contribution in [2.45, 2.75) is 6.92 Å². The third-order valence-electron chi connectivity index (χ3n) is 1.44. The molecule has 0 aliphatic carbocycles. The van der Waals surface area contributed by atoms with E-state index in [1.54, 1.807) is 11.3 Å². The summed E-state index contributed by atoms with van der Waals surface area (Å²) in [6.45, 7) is 2.11. The van der Waals surface area contributed by atoms with Crippen LogP contribution in [0.3, 0.4) is 0 Å². The number of fused-ring (bicyclic) bond motifs is 1. The maximum absolute atomic E-state index is 2.19. The van der Waals surface area contributed by atoms with Crippen molar-refractivity contribution in [3.8, 4) is 0 Å². The van der Waals surface area contributed by atoms with E-state index < -0.39 is 0 Å². The third kappa shape index (κ3) is 0.598. The Morgan fingerprint density at radius 1 is 1.56 bits per heavy atom. The molecule has 2 aromatic rings. The van der Waals surface area contributed by atoms with Gasteiger partial charge in [-0.05, 0) is 19.1 Å². The third-order valence-corrected chi connectivity index (χ3v) is 2.47. The summed E-state index contributed by atoms with van der Waals surface area (Å²) < 4.78 is 2.19. The molecule has 0 atom stereocenters. The zero-order chi connectivity index (χ0) is 6.27. The molecule has 2 aromatic heterocycles. The Hall–Kier alpha value is -0.760. The van der Waals surface area contributed by atoms with Crippen LogP contribution in [-0.4, -0.2) is 4.40 Å². The first-order valence-electron chi connectivity index (χ1n) is 2.89. The summed E-state index contributed by atoms with van der Waals surface area (Å²) in [5.41, 5.74) is 1.32. The van der Waals surface area contributed by atoms with E-state index in [4.69, 9.17) is 0 Å². The van der Waals surface area contributed by atoms with Gasteiger partial charge in [0.2, 0.25) is 0 Å². The molecule has 0 aromatic carbocycles. The molecule has 0 aliphatic rings. The molecule has 0 radical (unpaired) electrons. The summed E-state index contributed by atoms with van der Waals surface area (Å²) in [6.07, 6.45) is 2.08. The van der Waals surface area contributed by atoms with Gasteiger partial charge in [-0.2, -0.15) is 0 Å². The Morgan fingerprint density at radius 3 is 3.22 bits per heavy atom. The van der Waals surface area contributed by atoms with Crippen molar-refractivity contribution < 1.29 is 0 Å². The predicted octanol–water partition coefficient (Wildman–Crippen LogP) is 2.31. The quantitative estimate of drug-likeness (QED) is 0.525. The van der Waals surface area contributed by atoms with Gasteiger partial charge in [-0.25, -0.2) is 0 Å². The number of nitrogens with zero attached hydrogens (tertiary/aromatic N) is 1.